The predicted octanol–water partition coefficient (Wildman–Crippen LogP) is 3.52. The molecule has 0 aliphatic carbocycles. The number of carbonyl (C=O) groups is 1. The van der Waals surface area contributed by atoms with Gasteiger partial charge < -0.3 is 9.15 Å². The standard InChI is InChI=1S/C17H16N2O4S/c1-4-22-12-6-5-11-7-13(16(21)23-14(11)8-12)15(20)19-17-18-9(2)10(3)24-17/h5-8H,4H2,1-3H3,(H,18,19,20). The topological polar surface area (TPSA) is 81.4 Å². The first-order valence-electron chi connectivity index (χ1n) is 7.44. The van der Waals surface area contributed by atoms with Crippen LogP contribution in [-0.4, -0.2) is 17.5 Å². The number of amides is 1. The molecule has 24 heavy (non-hydrogen) atoms. The normalized spacial score (nSPS) is 10.8. The first kappa shape index (κ1) is 16.2. The molecule has 1 N–H and O–H groups in total. The van der Waals surface area contributed by atoms with Crippen molar-refractivity contribution in [1.82, 2.24) is 4.98 Å². The van der Waals surface area contributed by atoms with Gasteiger partial charge in [0.25, 0.3) is 5.91 Å². The summed E-state index contributed by atoms with van der Waals surface area (Å²) in [6.45, 7) is 6.17. The molecule has 124 valence electrons. The zero-order valence-electron chi connectivity index (χ0n) is 13.5. The molecule has 2 aromatic heterocycles. The molecule has 1 amide bonds. The third-order valence-electron chi connectivity index (χ3n) is 3.51. The van der Waals surface area contributed by atoms with Gasteiger partial charge in [0.1, 0.15) is 16.9 Å². The zero-order chi connectivity index (χ0) is 17.3. The van der Waals surface area contributed by atoms with Gasteiger partial charge in [-0.3, -0.25) is 10.1 Å². The molecule has 0 spiro atoms. The smallest absolute Gasteiger partial charge is 0.349 e. The minimum Gasteiger partial charge on any atom is -0.494 e. The number of thiazole rings is 1. The molecule has 0 unspecified atom stereocenters. The molecule has 0 radical (unpaired) electrons. The van der Waals surface area contributed by atoms with Gasteiger partial charge in [-0.2, -0.15) is 0 Å². The summed E-state index contributed by atoms with van der Waals surface area (Å²) in [6, 6.07) is 6.66. The van der Waals surface area contributed by atoms with Crippen LogP contribution in [0.1, 0.15) is 27.9 Å². The van der Waals surface area contributed by atoms with Gasteiger partial charge in [0, 0.05) is 16.3 Å². The summed E-state index contributed by atoms with van der Waals surface area (Å²) in [4.78, 5) is 29.7. The third kappa shape index (κ3) is 3.16. The van der Waals surface area contributed by atoms with Crippen molar-refractivity contribution in [2.24, 2.45) is 0 Å². The van der Waals surface area contributed by atoms with E-state index in [2.05, 4.69) is 10.3 Å². The molecular formula is C17H16N2O4S. The lowest BCUT2D eigenvalue weighted by atomic mass is 10.1. The number of ether oxygens (including phenoxy) is 1. The summed E-state index contributed by atoms with van der Waals surface area (Å²) in [5.74, 6) is 0.0763. The van der Waals surface area contributed by atoms with Crippen molar-refractivity contribution in [3.05, 3.63) is 50.8 Å². The summed E-state index contributed by atoms with van der Waals surface area (Å²) in [5, 5.41) is 3.75. The molecule has 1 aromatic carbocycles. The summed E-state index contributed by atoms with van der Waals surface area (Å²) >= 11 is 1.36. The first-order chi connectivity index (χ1) is 11.5. The number of carbonyl (C=O) groups excluding carboxylic acids is 1. The van der Waals surface area contributed by atoms with Gasteiger partial charge in [-0.15, -0.1) is 11.3 Å². The van der Waals surface area contributed by atoms with Crippen molar-refractivity contribution in [1.29, 1.82) is 0 Å². The van der Waals surface area contributed by atoms with E-state index in [0.29, 0.717) is 28.5 Å². The maximum Gasteiger partial charge on any atom is 0.349 e. The van der Waals surface area contributed by atoms with E-state index in [4.69, 9.17) is 9.15 Å². The lowest BCUT2D eigenvalue weighted by molar-refractivity contribution is 0.102. The SMILES string of the molecule is CCOc1ccc2cc(C(=O)Nc3nc(C)c(C)s3)c(=O)oc2c1. The minimum atomic E-state index is -0.696. The number of anilines is 1. The maximum atomic E-state index is 12.3. The minimum absolute atomic E-state index is 0.0582. The van der Waals surface area contributed by atoms with Crippen LogP contribution in [0.3, 0.4) is 0 Å². The lowest BCUT2D eigenvalue weighted by Crippen LogP contribution is -2.20. The number of aromatic nitrogens is 1. The fourth-order valence-corrected chi connectivity index (χ4v) is 3.01. The summed E-state index contributed by atoms with van der Waals surface area (Å²) in [6.07, 6.45) is 0. The second-order valence-electron chi connectivity index (χ2n) is 5.19. The fourth-order valence-electron chi connectivity index (χ4n) is 2.20. The van der Waals surface area contributed by atoms with Crippen molar-refractivity contribution in [2.75, 3.05) is 11.9 Å². The van der Waals surface area contributed by atoms with Gasteiger partial charge in [-0.1, -0.05) is 0 Å². The molecule has 0 saturated heterocycles. The van der Waals surface area contributed by atoms with Crippen LogP contribution >= 0.6 is 11.3 Å². The molecule has 0 bridgehead atoms. The number of benzene rings is 1. The Morgan fingerprint density at radius 3 is 2.79 bits per heavy atom. The molecule has 6 nitrogen and oxygen atoms in total. The van der Waals surface area contributed by atoms with E-state index in [1.807, 2.05) is 20.8 Å². The van der Waals surface area contributed by atoms with Gasteiger partial charge in [0.15, 0.2) is 5.13 Å². The fraction of sp³-hybridized carbons (Fsp3) is 0.235. The molecule has 0 fully saturated rings. The van der Waals surface area contributed by atoms with Crippen molar-refractivity contribution in [3.8, 4) is 5.75 Å². The summed E-state index contributed by atoms with van der Waals surface area (Å²) in [5.41, 5.74) is 0.476. The molecule has 0 aliphatic rings. The zero-order valence-corrected chi connectivity index (χ0v) is 14.3. The van der Waals surface area contributed by atoms with Crippen LogP contribution < -0.4 is 15.7 Å². The Kier molecular flexibility index (Phi) is 4.35. The molecule has 0 saturated carbocycles. The number of rotatable bonds is 4. The number of hydrogen-bond acceptors (Lipinski definition) is 6. The van der Waals surface area contributed by atoms with Crippen molar-refractivity contribution in [2.45, 2.75) is 20.8 Å². The third-order valence-corrected chi connectivity index (χ3v) is 4.50. The van der Waals surface area contributed by atoms with E-state index in [1.165, 1.54) is 17.4 Å². The molecule has 0 atom stereocenters. The lowest BCUT2D eigenvalue weighted by Gasteiger charge is -2.05. The van der Waals surface area contributed by atoms with Crippen molar-refractivity contribution in [3.63, 3.8) is 0 Å². The van der Waals surface area contributed by atoms with Crippen LogP contribution in [-0.2, 0) is 0 Å². The molecule has 0 aliphatic heterocycles. The molecule has 3 aromatic rings. The highest BCUT2D eigenvalue weighted by Crippen LogP contribution is 2.23. The number of nitrogens with zero attached hydrogens (tertiary/aromatic N) is 1. The van der Waals surface area contributed by atoms with Gasteiger partial charge >= 0.3 is 5.63 Å². The molecule has 2 heterocycles. The van der Waals surface area contributed by atoms with Gasteiger partial charge in [-0.05, 0) is 39.0 Å². The number of fused-ring (bicyclic) bond motifs is 1. The van der Waals surface area contributed by atoms with Crippen molar-refractivity contribution >= 4 is 33.3 Å². The summed E-state index contributed by atoms with van der Waals surface area (Å²) in [7, 11) is 0. The molecular weight excluding hydrogens is 328 g/mol. The van der Waals surface area contributed by atoms with Crippen LogP contribution in [0.4, 0.5) is 5.13 Å². The average molecular weight is 344 g/mol. The van der Waals surface area contributed by atoms with Gasteiger partial charge in [0.05, 0.1) is 12.3 Å². The second kappa shape index (κ2) is 6.45. The van der Waals surface area contributed by atoms with E-state index >= 15 is 0 Å². The second-order valence-corrected chi connectivity index (χ2v) is 6.40. The van der Waals surface area contributed by atoms with Crippen LogP contribution in [0.15, 0.2) is 33.5 Å². The first-order valence-corrected chi connectivity index (χ1v) is 8.25. The van der Waals surface area contributed by atoms with E-state index < -0.39 is 11.5 Å². The van der Waals surface area contributed by atoms with E-state index in [0.717, 1.165) is 10.6 Å². The van der Waals surface area contributed by atoms with E-state index in [1.54, 1.807) is 18.2 Å². The number of hydrogen-bond donors (Lipinski definition) is 1. The van der Waals surface area contributed by atoms with Crippen LogP contribution in [0.2, 0.25) is 0 Å². The van der Waals surface area contributed by atoms with E-state index in [9.17, 15) is 9.59 Å². The van der Waals surface area contributed by atoms with Crippen LogP contribution in [0.25, 0.3) is 11.0 Å². The maximum absolute atomic E-state index is 12.3. The predicted molar refractivity (Wildman–Crippen MR) is 93.2 cm³/mol. The number of aryl methyl sites for hydroxylation is 2. The number of nitrogens with one attached hydrogen (secondary N) is 1. The van der Waals surface area contributed by atoms with E-state index in [-0.39, 0.29) is 5.56 Å². The Labute approximate surface area is 142 Å². The Morgan fingerprint density at radius 2 is 2.12 bits per heavy atom. The van der Waals surface area contributed by atoms with Crippen molar-refractivity contribution < 1.29 is 13.9 Å². The highest BCUT2D eigenvalue weighted by molar-refractivity contribution is 7.15. The molecule has 7 heteroatoms. The monoisotopic (exact) mass is 344 g/mol. The van der Waals surface area contributed by atoms with Gasteiger partial charge in [0.2, 0.25) is 0 Å². The Balaban J connectivity index is 1.93. The molecule has 3 rings (SSSR count). The van der Waals surface area contributed by atoms with Crippen LogP contribution in [0.5, 0.6) is 5.75 Å². The Morgan fingerprint density at radius 1 is 1.33 bits per heavy atom. The van der Waals surface area contributed by atoms with Crippen LogP contribution in [0, 0.1) is 13.8 Å². The highest BCUT2D eigenvalue weighted by atomic mass is 32.1. The highest BCUT2D eigenvalue weighted by Gasteiger charge is 2.16. The summed E-state index contributed by atoms with van der Waals surface area (Å²) < 4.78 is 10.6. The Bertz CT molecular complexity index is 955. The van der Waals surface area contributed by atoms with Gasteiger partial charge in [-0.25, -0.2) is 9.78 Å². The largest absolute Gasteiger partial charge is 0.494 e. The average Bonchev–Trinajstić information content (AvgIpc) is 2.84. The Hall–Kier alpha value is -2.67. The quantitative estimate of drug-likeness (QED) is 0.732.